The first-order chi connectivity index (χ1) is 13.9. The van der Waals surface area contributed by atoms with Crippen LogP contribution >= 0.6 is 11.8 Å². The molecule has 30 heavy (non-hydrogen) atoms. The fraction of sp³-hybridized carbons (Fsp3) is 0.571. The highest BCUT2D eigenvalue weighted by Gasteiger charge is 2.20. The predicted molar refractivity (Wildman–Crippen MR) is 118 cm³/mol. The molecule has 0 bridgehead atoms. The third-order valence-electron chi connectivity index (χ3n) is 3.80. The van der Waals surface area contributed by atoms with Crippen molar-refractivity contribution in [2.24, 2.45) is 0 Å². The van der Waals surface area contributed by atoms with Gasteiger partial charge in [-0.05, 0) is 45.7 Å². The summed E-state index contributed by atoms with van der Waals surface area (Å²) in [5, 5.41) is 5.56. The number of carbonyl (C=O) groups excluding carboxylic acids is 3. The lowest BCUT2D eigenvalue weighted by atomic mass is 10.0. The zero-order chi connectivity index (χ0) is 22.9. The number of thioether (sulfide) groups is 1. The Labute approximate surface area is 182 Å². The number of rotatable bonds is 9. The SMILES string of the molecule is COc1cc(NC(=O)CCSC(C)=O)c(OC)cc1CC(C)NC(=O)OC(C)(C)C. The molecule has 0 aliphatic heterocycles. The first-order valence-corrected chi connectivity index (χ1v) is 10.6. The lowest BCUT2D eigenvalue weighted by Gasteiger charge is -2.22. The van der Waals surface area contributed by atoms with Crippen LogP contribution in [0.25, 0.3) is 0 Å². The molecule has 2 amide bonds. The van der Waals surface area contributed by atoms with E-state index in [1.807, 2.05) is 6.92 Å². The first kappa shape index (κ1) is 25.6. The Morgan fingerprint density at radius 3 is 2.27 bits per heavy atom. The number of hydrogen-bond donors (Lipinski definition) is 2. The van der Waals surface area contributed by atoms with Crippen molar-refractivity contribution in [3.63, 3.8) is 0 Å². The minimum atomic E-state index is -0.576. The highest BCUT2D eigenvalue weighted by Crippen LogP contribution is 2.34. The molecule has 0 aromatic heterocycles. The highest BCUT2D eigenvalue weighted by molar-refractivity contribution is 8.13. The van der Waals surface area contributed by atoms with Crippen LogP contribution in [0, 0.1) is 0 Å². The van der Waals surface area contributed by atoms with Gasteiger partial charge in [0.1, 0.15) is 17.1 Å². The first-order valence-electron chi connectivity index (χ1n) is 9.62. The molecule has 0 saturated heterocycles. The summed E-state index contributed by atoms with van der Waals surface area (Å²) in [6, 6.07) is 3.23. The number of benzene rings is 1. The van der Waals surface area contributed by atoms with Gasteiger partial charge < -0.3 is 24.8 Å². The number of methoxy groups -OCH3 is 2. The fourth-order valence-electron chi connectivity index (χ4n) is 2.61. The molecule has 8 nitrogen and oxygen atoms in total. The molecule has 0 fully saturated rings. The van der Waals surface area contributed by atoms with E-state index in [0.29, 0.717) is 29.4 Å². The van der Waals surface area contributed by atoms with Crippen molar-refractivity contribution in [2.45, 2.75) is 59.1 Å². The van der Waals surface area contributed by atoms with Gasteiger partial charge in [0.2, 0.25) is 5.91 Å². The Kier molecular flexibility index (Phi) is 9.98. The molecule has 168 valence electrons. The Morgan fingerprint density at radius 1 is 1.10 bits per heavy atom. The molecule has 1 aromatic carbocycles. The molecular weight excluding hydrogens is 408 g/mol. The maximum atomic E-state index is 12.2. The summed E-state index contributed by atoms with van der Waals surface area (Å²) in [5.74, 6) is 1.22. The molecular formula is C21H32N2O6S. The number of alkyl carbamates (subject to hydrolysis) is 1. The summed E-state index contributed by atoms with van der Waals surface area (Å²) in [4.78, 5) is 35.1. The van der Waals surface area contributed by atoms with Crippen molar-refractivity contribution in [3.05, 3.63) is 17.7 Å². The van der Waals surface area contributed by atoms with Gasteiger partial charge in [-0.15, -0.1) is 0 Å². The second-order valence-electron chi connectivity index (χ2n) is 7.75. The number of anilines is 1. The van der Waals surface area contributed by atoms with Gasteiger partial charge in [-0.3, -0.25) is 9.59 Å². The van der Waals surface area contributed by atoms with Crippen LogP contribution < -0.4 is 20.1 Å². The minimum Gasteiger partial charge on any atom is -0.496 e. The summed E-state index contributed by atoms with van der Waals surface area (Å²) in [6.07, 6.45) is 0.185. The molecule has 1 unspecified atom stereocenters. The van der Waals surface area contributed by atoms with E-state index in [9.17, 15) is 14.4 Å². The molecule has 1 atom stereocenters. The van der Waals surface area contributed by atoms with E-state index in [0.717, 1.165) is 17.3 Å². The van der Waals surface area contributed by atoms with Crippen LogP contribution in [0.5, 0.6) is 11.5 Å². The molecule has 2 N–H and O–H groups in total. The van der Waals surface area contributed by atoms with Gasteiger partial charge in [0, 0.05) is 31.2 Å². The van der Waals surface area contributed by atoms with Crippen LogP contribution in [0.15, 0.2) is 12.1 Å². The lowest BCUT2D eigenvalue weighted by Crippen LogP contribution is -2.38. The monoisotopic (exact) mass is 440 g/mol. The normalized spacial score (nSPS) is 12.0. The van der Waals surface area contributed by atoms with Crippen LogP contribution in [0.1, 0.15) is 46.6 Å². The predicted octanol–water partition coefficient (Wildman–Crippen LogP) is 3.77. The summed E-state index contributed by atoms with van der Waals surface area (Å²) >= 11 is 1.10. The number of ether oxygens (including phenoxy) is 3. The van der Waals surface area contributed by atoms with Crippen molar-refractivity contribution < 1.29 is 28.6 Å². The maximum absolute atomic E-state index is 12.2. The van der Waals surface area contributed by atoms with Gasteiger partial charge in [0.15, 0.2) is 5.12 Å². The Morgan fingerprint density at radius 2 is 1.73 bits per heavy atom. The molecule has 0 aliphatic rings. The van der Waals surface area contributed by atoms with Crippen LogP contribution in [-0.2, 0) is 20.7 Å². The molecule has 1 aromatic rings. The third kappa shape index (κ3) is 9.39. The number of amides is 2. The van der Waals surface area contributed by atoms with E-state index in [2.05, 4.69) is 10.6 Å². The van der Waals surface area contributed by atoms with E-state index in [1.165, 1.54) is 21.1 Å². The van der Waals surface area contributed by atoms with Gasteiger partial charge in [0.25, 0.3) is 0 Å². The molecule has 9 heteroatoms. The zero-order valence-corrected chi connectivity index (χ0v) is 19.5. The van der Waals surface area contributed by atoms with Crippen LogP contribution in [0.3, 0.4) is 0 Å². The van der Waals surface area contributed by atoms with Gasteiger partial charge in [-0.25, -0.2) is 4.79 Å². The average Bonchev–Trinajstić information content (AvgIpc) is 2.60. The standard InChI is InChI=1S/C21H32N2O6S/c1-13(22-20(26)29-21(3,4)5)10-15-11-18(28-7)16(12-17(15)27-6)23-19(25)8-9-30-14(2)24/h11-13H,8-10H2,1-7H3,(H,22,26)(H,23,25). The second-order valence-corrected chi connectivity index (χ2v) is 9.03. The number of nitrogens with one attached hydrogen (secondary N) is 2. The van der Waals surface area contributed by atoms with Gasteiger partial charge in [0.05, 0.1) is 19.9 Å². The van der Waals surface area contributed by atoms with Crippen molar-refractivity contribution in [1.82, 2.24) is 5.32 Å². The van der Waals surface area contributed by atoms with Crippen molar-refractivity contribution in [3.8, 4) is 11.5 Å². The largest absolute Gasteiger partial charge is 0.496 e. The summed E-state index contributed by atoms with van der Waals surface area (Å²) in [7, 11) is 3.04. The van der Waals surface area contributed by atoms with Crippen LogP contribution in [-0.4, -0.2) is 48.7 Å². The highest BCUT2D eigenvalue weighted by atomic mass is 32.2. The van der Waals surface area contributed by atoms with E-state index >= 15 is 0 Å². The summed E-state index contributed by atoms with van der Waals surface area (Å²) in [5.41, 5.74) is 0.708. The van der Waals surface area contributed by atoms with Crippen molar-refractivity contribution in [2.75, 3.05) is 25.3 Å². The van der Waals surface area contributed by atoms with Gasteiger partial charge in [-0.1, -0.05) is 11.8 Å². The van der Waals surface area contributed by atoms with E-state index in [1.54, 1.807) is 32.9 Å². The maximum Gasteiger partial charge on any atom is 0.407 e. The average molecular weight is 441 g/mol. The molecule has 0 aliphatic carbocycles. The molecule has 0 heterocycles. The van der Waals surface area contributed by atoms with Gasteiger partial charge in [-0.2, -0.15) is 0 Å². The second kappa shape index (κ2) is 11.7. The Bertz CT molecular complexity index is 761. The van der Waals surface area contributed by atoms with Crippen LogP contribution in [0.2, 0.25) is 0 Å². The molecule has 0 spiro atoms. The summed E-state index contributed by atoms with van der Waals surface area (Å²) in [6.45, 7) is 8.73. The van der Waals surface area contributed by atoms with E-state index in [4.69, 9.17) is 14.2 Å². The quantitative estimate of drug-likeness (QED) is 0.602. The molecule has 0 saturated carbocycles. The number of hydrogen-bond acceptors (Lipinski definition) is 7. The smallest absolute Gasteiger partial charge is 0.407 e. The topological polar surface area (TPSA) is 103 Å². The molecule has 0 radical (unpaired) electrons. The zero-order valence-electron chi connectivity index (χ0n) is 18.7. The van der Waals surface area contributed by atoms with Crippen molar-refractivity contribution >= 4 is 34.6 Å². The Hall–Kier alpha value is -2.42. The van der Waals surface area contributed by atoms with Gasteiger partial charge >= 0.3 is 6.09 Å². The Balaban J connectivity index is 2.88. The number of carbonyl (C=O) groups is 3. The molecule has 1 rings (SSSR count). The summed E-state index contributed by atoms with van der Waals surface area (Å²) < 4.78 is 16.2. The minimum absolute atomic E-state index is 0.0273. The van der Waals surface area contributed by atoms with E-state index in [-0.39, 0.29) is 23.5 Å². The van der Waals surface area contributed by atoms with E-state index < -0.39 is 11.7 Å². The van der Waals surface area contributed by atoms with Crippen LogP contribution in [0.4, 0.5) is 10.5 Å². The lowest BCUT2D eigenvalue weighted by molar-refractivity contribution is -0.115. The fourth-order valence-corrected chi connectivity index (χ4v) is 3.18. The third-order valence-corrected chi connectivity index (χ3v) is 4.62. The van der Waals surface area contributed by atoms with Crippen molar-refractivity contribution in [1.29, 1.82) is 0 Å².